The molecule has 1 unspecified atom stereocenters. The fourth-order valence-corrected chi connectivity index (χ4v) is 2.27. The van der Waals surface area contributed by atoms with Crippen molar-refractivity contribution < 1.29 is 9.18 Å². The third-order valence-electron chi connectivity index (χ3n) is 4.09. The molecule has 0 saturated heterocycles. The monoisotopic (exact) mass is 382 g/mol. The number of aromatic nitrogens is 2. The summed E-state index contributed by atoms with van der Waals surface area (Å²) in [5.41, 5.74) is 6.15. The van der Waals surface area contributed by atoms with Gasteiger partial charge in [0.2, 0.25) is 0 Å². The first-order chi connectivity index (χ1) is 11.8. The molecule has 0 spiro atoms. The van der Waals surface area contributed by atoms with Crippen LogP contribution < -0.4 is 11.3 Å². The van der Waals surface area contributed by atoms with E-state index in [0.29, 0.717) is 24.6 Å². The zero-order valence-electron chi connectivity index (χ0n) is 15.1. The number of nitrogens with zero attached hydrogens (tertiary/aromatic N) is 3. The van der Waals surface area contributed by atoms with Gasteiger partial charge in [-0.05, 0) is 42.7 Å². The van der Waals surface area contributed by atoms with E-state index in [4.69, 9.17) is 5.73 Å². The SMILES string of the molecule is CC(C)C(N)CCN(C)C(=O)c1ccc(=O)n(-c2ccc(F)cc2)n1.Cl. The highest BCUT2D eigenvalue weighted by atomic mass is 35.5. The summed E-state index contributed by atoms with van der Waals surface area (Å²) in [6, 6.07) is 8.01. The maximum atomic E-state index is 13.0. The first-order valence-electron chi connectivity index (χ1n) is 8.17. The molecule has 0 fully saturated rings. The number of benzene rings is 1. The number of nitrogens with two attached hydrogens (primary N) is 1. The predicted molar refractivity (Wildman–Crippen MR) is 101 cm³/mol. The van der Waals surface area contributed by atoms with Crippen LogP contribution in [0, 0.1) is 11.7 Å². The fourth-order valence-electron chi connectivity index (χ4n) is 2.27. The van der Waals surface area contributed by atoms with Gasteiger partial charge in [-0.2, -0.15) is 9.78 Å². The van der Waals surface area contributed by atoms with Crippen LogP contribution in [0.15, 0.2) is 41.2 Å². The van der Waals surface area contributed by atoms with E-state index in [0.717, 1.165) is 4.68 Å². The maximum absolute atomic E-state index is 13.0. The van der Waals surface area contributed by atoms with Crippen molar-refractivity contribution in [1.82, 2.24) is 14.7 Å². The van der Waals surface area contributed by atoms with Crippen LogP contribution in [0.2, 0.25) is 0 Å². The van der Waals surface area contributed by atoms with Crippen molar-refractivity contribution in [3.8, 4) is 5.69 Å². The standard InChI is InChI=1S/C18H23FN4O2.ClH/c1-12(2)15(20)10-11-22(3)18(25)16-8-9-17(24)23(21-16)14-6-4-13(19)5-7-14;/h4-9,12,15H,10-11,20H2,1-3H3;1H. The second-order valence-electron chi connectivity index (χ2n) is 6.37. The Morgan fingerprint density at radius 1 is 1.23 bits per heavy atom. The Hall–Kier alpha value is -2.25. The summed E-state index contributed by atoms with van der Waals surface area (Å²) in [7, 11) is 1.67. The molecule has 0 aliphatic rings. The summed E-state index contributed by atoms with van der Waals surface area (Å²) in [5, 5.41) is 4.11. The number of carbonyl (C=O) groups excluding carboxylic acids is 1. The van der Waals surface area contributed by atoms with E-state index in [1.807, 2.05) is 13.8 Å². The average Bonchev–Trinajstić information content (AvgIpc) is 2.59. The third kappa shape index (κ3) is 5.37. The van der Waals surface area contributed by atoms with Gasteiger partial charge < -0.3 is 10.6 Å². The van der Waals surface area contributed by atoms with Gasteiger partial charge in [0.25, 0.3) is 11.5 Å². The van der Waals surface area contributed by atoms with E-state index >= 15 is 0 Å². The lowest BCUT2D eigenvalue weighted by Crippen LogP contribution is -2.35. The molecule has 1 amide bonds. The van der Waals surface area contributed by atoms with Gasteiger partial charge in [-0.25, -0.2) is 4.39 Å². The van der Waals surface area contributed by atoms with Crippen molar-refractivity contribution in [3.05, 3.63) is 58.3 Å². The van der Waals surface area contributed by atoms with Crippen LogP contribution in [0.1, 0.15) is 30.8 Å². The number of halogens is 2. The zero-order chi connectivity index (χ0) is 18.6. The molecular formula is C18H24ClFN4O2. The molecule has 2 N–H and O–H groups in total. The number of hydrogen-bond acceptors (Lipinski definition) is 4. The molecule has 1 aromatic heterocycles. The van der Waals surface area contributed by atoms with Gasteiger partial charge in [-0.3, -0.25) is 9.59 Å². The van der Waals surface area contributed by atoms with Crippen molar-refractivity contribution in [1.29, 1.82) is 0 Å². The lowest BCUT2D eigenvalue weighted by molar-refractivity contribution is 0.0781. The van der Waals surface area contributed by atoms with Crippen molar-refractivity contribution in [3.63, 3.8) is 0 Å². The number of amides is 1. The molecule has 1 atom stereocenters. The van der Waals surface area contributed by atoms with E-state index in [9.17, 15) is 14.0 Å². The largest absolute Gasteiger partial charge is 0.340 e. The maximum Gasteiger partial charge on any atom is 0.274 e. The van der Waals surface area contributed by atoms with Crippen molar-refractivity contribution in [2.45, 2.75) is 26.3 Å². The smallest absolute Gasteiger partial charge is 0.274 e. The van der Waals surface area contributed by atoms with Crippen LogP contribution in [0.25, 0.3) is 5.69 Å². The molecule has 6 nitrogen and oxygen atoms in total. The molecule has 0 bridgehead atoms. The highest BCUT2D eigenvalue weighted by Gasteiger charge is 2.17. The minimum Gasteiger partial charge on any atom is -0.340 e. The summed E-state index contributed by atoms with van der Waals surface area (Å²) in [5.74, 6) is -0.376. The molecule has 2 rings (SSSR count). The van der Waals surface area contributed by atoms with E-state index < -0.39 is 11.4 Å². The van der Waals surface area contributed by atoms with E-state index in [2.05, 4.69) is 5.10 Å². The van der Waals surface area contributed by atoms with E-state index in [1.54, 1.807) is 7.05 Å². The summed E-state index contributed by atoms with van der Waals surface area (Å²) in [6.45, 7) is 4.56. The molecule has 0 aliphatic carbocycles. The van der Waals surface area contributed by atoms with Gasteiger partial charge in [-0.1, -0.05) is 13.8 Å². The highest BCUT2D eigenvalue weighted by Crippen LogP contribution is 2.08. The van der Waals surface area contributed by atoms with Gasteiger partial charge in [0.05, 0.1) is 5.69 Å². The molecule has 0 radical (unpaired) electrons. The number of hydrogen-bond donors (Lipinski definition) is 1. The Kier molecular flexibility index (Phi) is 7.92. The van der Waals surface area contributed by atoms with Gasteiger partial charge in [0.15, 0.2) is 0 Å². The van der Waals surface area contributed by atoms with E-state index in [1.165, 1.54) is 41.3 Å². The Morgan fingerprint density at radius 3 is 2.42 bits per heavy atom. The molecule has 2 aromatic rings. The second-order valence-corrected chi connectivity index (χ2v) is 6.37. The van der Waals surface area contributed by atoms with Crippen LogP contribution in [0.3, 0.4) is 0 Å². The van der Waals surface area contributed by atoms with Crippen molar-refractivity contribution >= 4 is 18.3 Å². The molecular weight excluding hydrogens is 359 g/mol. The topological polar surface area (TPSA) is 81.2 Å². The molecule has 1 aromatic carbocycles. The molecule has 8 heteroatoms. The Labute approximate surface area is 158 Å². The molecule has 0 saturated carbocycles. The fraction of sp³-hybridized carbons (Fsp3) is 0.389. The highest BCUT2D eigenvalue weighted by molar-refractivity contribution is 5.91. The Morgan fingerprint density at radius 2 is 1.85 bits per heavy atom. The van der Waals surface area contributed by atoms with Crippen LogP contribution in [0.5, 0.6) is 0 Å². The minimum atomic E-state index is -0.412. The summed E-state index contributed by atoms with van der Waals surface area (Å²) in [6.07, 6.45) is 0.678. The normalized spacial score (nSPS) is 11.8. The van der Waals surface area contributed by atoms with Crippen molar-refractivity contribution in [2.24, 2.45) is 11.7 Å². The van der Waals surface area contributed by atoms with Crippen LogP contribution in [-0.4, -0.2) is 40.2 Å². The van der Waals surface area contributed by atoms with Crippen LogP contribution in [-0.2, 0) is 0 Å². The Bertz CT molecular complexity index is 793. The van der Waals surface area contributed by atoms with E-state index in [-0.39, 0.29) is 30.0 Å². The van der Waals surface area contributed by atoms with Gasteiger partial charge in [0, 0.05) is 25.7 Å². The lowest BCUT2D eigenvalue weighted by Gasteiger charge is -2.21. The van der Waals surface area contributed by atoms with Gasteiger partial charge >= 0.3 is 0 Å². The first kappa shape index (κ1) is 21.8. The average molecular weight is 383 g/mol. The number of carbonyl (C=O) groups is 1. The van der Waals surface area contributed by atoms with Gasteiger partial charge in [-0.15, -0.1) is 12.4 Å². The first-order valence-corrected chi connectivity index (χ1v) is 8.17. The zero-order valence-corrected chi connectivity index (χ0v) is 15.9. The molecule has 1 heterocycles. The lowest BCUT2D eigenvalue weighted by atomic mass is 10.0. The molecule has 0 aliphatic heterocycles. The molecule has 26 heavy (non-hydrogen) atoms. The third-order valence-corrected chi connectivity index (χ3v) is 4.09. The number of rotatable bonds is 6. The molecule has 142 valence electrons. The quantitative estimate of drug-likeness (QED) is 0.830. The summed E-state index contributed by atoms with van der Waals surface area (Å²) < 4.78 is 14.1. The van der Waals surface area contributed by atoms with Crippen LogP contribution >= 0.6 is 12.4 Å². The van der Waals surface area contributed by atoms with Crippen LogP contribution in [0.4, 0.5) is 4.39 Å². The van der Waals surface area contributed by atoms with Gasteiger partial charge in [0.1, 0.15) is 11.5 Å². The van der Waals surface area contributed by atoms with Crippen molar-refractivity contribution in [2.75, 3.05) is 13.6 Å². The summed E-state index contributed by atoms with van der Waals surface area (Å²) in [4.78, 5) is 26.1. The summed E-state index contributed by atoms with van der Waals surface area (Å²) >= 11 is 0. The minimum absolute atomic E-state index is 0. The predicted octanol–water partition coefficient (Wildman–Crippen LogP) is 2.24. The second kappa shape index (κ2) is 9.45. The Balaban J connectivity index is 0.00000338.